The first kappa shape index (κ1) is 20.1. The largest absolute Gasteiger partial charge is 0.482 e. The maximum atomic E-state index is 12.5. The van der Waals surface area contributed by atoms with Gasteiger partial charge in [-0.05, 0) is 44.5 Å². The molecule has 1 aliphatic heterocycles. The summed E-state index contributed by atoms with van der Waals surface area (Å²) in [6, 6.07) is 18.0. The van der Waals surface area contributed by atoms with E-state index in [2.05, 4.69) is 17.4 Å². The van der Waals surface area contributed by atoms with Crippen LogP contribution in [0.1, 0.15) is 32.3 Å². The molecule has 146 valence electrons. The van der Waals surface area contributed by atoms with E-state index in [-0.39, 0.29) is 11.9 Å². The number of hydrogen-bond acceptors (Lipinski definition) is 5. The first-order valence-electron chi connectivity index (χ1n) is 9.16. The van der Waals surface area contributed by atoms with E-state index in [0.717, 1.165) is 33.2 Å². The summed E-state index contributed by atoms with van der Waals surface area (Å²) in [7, 11) is 1.42. The average Bonchev–Trinajstić information content (AvgIpc) is 2.71. The molecule has 1 N–H and O–H groups in total. The summed E-state index contributed by atoms with van der Waals surface area (Å²) in [6.45, 7) is 5.97. The molecular weight excluding hydrogens is 370 g/mol. The molecule has 0 saturated heterocycles. The first-order chi connectivity index (χ1) is 13.5. The van der Waals surface area contributed by atoms with Crippen LogP contribution < -0.4 is 10.1 Å². The highest BCUT2D eigenvalue weighted by Gasteiger charge is 2.33. The first-order valence-corrected chi connectivity index (χ1v) is 10.1. The van der Waals surface area contributed by atoms with Gasteiger partial charge in [0.1, 0.15) is 11.7 Å². The van der Waals surface area contributed by atoms with E-state index < -0.39 is 0 Å². The molecule has 0 saturated carbocycles. The van der Waals surface area contributed by atoms with Gasteiger partial charge < -0.3 is 14.8 Å². The lowest BCUT2D eigenvalue weighted by atomic mass is 9.81. The standard InChI is InChI=1S/C23H25NO3S/c1-15-16(2)24-17(3)22(23(25)26-4)21(15)19-12-8-9-13-20(19)27-14-28-18-10-6-5-7-11-18/h5-13,21,24H,14H2,1-4H3. The number of ether oxygens (including phenoxy) is 2. The van der Waals surface area contributed by atoms with Gasteiger partial charge in [-0.15, -0.1) is 0 Å². The fraction of sp³-hybridized carbons (Fsp3) is 0.261. The molecule has 2 aromatic rings. The van der Waals surface area contributed by atoms with Crippen LogP contribution in [0.15, 0.2) is 82.0 Å². The predicted molar refractivity (Wildman–Crippen MR) is 113 cm³/mol. The molecule has 0 aromatic heterocycles. The number of para-hydroxylation sites is 1. The van der Waals surface area contributed by atoms with Gasteiger partial charge in [0.2, 0.25) is 0 Å². The molecule has 1 unspecified atom stereocenters. The Morgan fingerprint density at radius 1 is 1.00 bits per heavy atom. The van der Waals surface area contributed by atoms with Gasteiger partial charge in [0.05, 0.1) is 12.7 Å². The minimum absolute atomic E-state index is 0.202. The third-order valence-electron chi connectivity index (χ3n) is 4.91. The van der Waals surface area contributed by atoms with Crippen molar-refractivity contribution >= 4 is 17.7 Å². The fourth-order valence-corrected chi connectivity index (χ4v) is 4.07. The highest BCUT2D eigenvalue weighted by molar-refractivity contribution is 7.99. The molecule has 0 bridgehead atoms. The minimum atomic E-state index is -0.324. The molecular formula is C23H25NO3S. The summed E-state index contributed by atoms with van der Waals surface area (Å²) < 4.78 is 11.2. The van der Waals surface area contributed by atoms with Crippen LogP contribution in [0.25, 0.3) is 0 Å². The Hall–Kier alpha value is -2.66. The Labute approximate surface area is 170 Å². The molecule has 1 heterocycles. The molecule has 5 heteroatoms. The lowest BCUT2D eigenvalue weighted by molar-refractivity contribution is -0.136. The van der Waals surface area contributed by atoms with Gasteiger partial charge in [-0.25, -0.2) is 4.79 Å². The Morgan fingerprint density at radius 3 is 2.39 bits per heavy atom. The molecule has 1 aliphatic rings. The molecule has 28 heavy (non-hydrogen) atoms. The number of thioether (sulfide) groups is 1. The Morgan fingerprint density at radius 2 is 1.68 bits per heavy atom. The van der Waals surface area contributed by atoms with Crippen molar-refractivity contribution in [3.8, 4) is 5.75 Å². The van der Waals surface area contributed by atoms with Crippen molar-refractivity contribution in [3.05, 3.63) is 82.7 Å². The Balaban J connectivity index is 1.91. The highest BCUT2D eigenvalue weighted by atomic mass is 32.2. The maximum Gasteiger partial charge on any atom is 0.336 e. The summed E-state index contributed by atoms with van der Waals surface area (Å²) >= 11 is 1.63. The van der Waals surface area contributed by atoms with Crippen LogP contribution in [0.3, 0.4) is 0 Å². The van der Waals surface area contributed by atoms with E-state index in [4.69, 9.17) is 9.47 Å². The van der Waals surface area contributed by atoms with Gasteiger partial charge in [0.15, 0.2) is 0 Å². The predicted octanol–water partition coefficient (Wildman–Crippen LogP) is 5.24. The number of carbonyl (C=O) groups excluding carboxylic acids is 1. The molecule has 1 atom stereocenters. The average molecular weight is 396 g/mol. The number of carbonyl (C=O) groups is 1. The molecule has 2 aromatic carbocycles. The van der Waals surface area contributed by atoms with Crippen LogP contribution in [-0.2, 0) is 9.53 Å². The number of benzene rings is 2. The number of nitrogens with one attached hydrogen (secondary N) is 1. The molecule has 4 nitrogen and oxygen atoms in total. The highest BCUT2D eigenvalue weighted by Crippen LogP contribution is 2.42. The molecule has 0 fully saturated rings. The second-order valence-corrected chi connectivity index (χ2v) is 7.65. The van der Waals surface area contributed by atoms with Crippen LogP contribution in [0, 0.1) is 0 Å². The zero-order valence-electron chi connectivity index (χ0n) is 16.6. The van der Waals surface area contributed by atoms with Gasteiger partial charge in [0, 0.05) is 27.8 Å². The SMILES string of the molecule is COC(=O)C1=C(C)NC(C)=C(C)C1c1ccccc1OCSc1ccccc1. The van der Waals surface area contributed by atoms with Crippen molar-refractivity contribution in [3.63, 3.8) is 0 Å². The molecule has 3 rings (SSSR count). The van der Waals surface area contributed by atoms with Crippen LogP contribution in [0.5, 0.6) is 5.75 Å². The van der Waals surface area contributed by atoms with E-state index in [1.165, 1.54) is 7.11 Å². The third-order valence-corrected chi connectivity index (χ3v) is 5.75. The summed E-state index contributed by atoms with van der Waals surface area (Å²) in [4.78, 5) is 13.7. The number of allylic oxidation sites excluding steroid dienone is 3. The lowest BCUT2D eigenvalue weighted by Crippen LogP contribution is -2.28. The third kappa shape index (κ3) is 4.25. The number of rotatable bonds is 6. The van der Waals surface area contributed by atoms with Crippen molar-refractivity contribution in [2.75, 3.05) is 13.0 Å². The van der Waals surface area contributed by atoms with E-state index in [1.807, 2.05) is 63.2 Å². The summed E-state index contributed by atoms with van der Waals surface area (Å²) in [5.41, 5.74) is 4.53. The zero-order chi connectivity index (χ0) is 20.1. The number of methoxy groups -OCH3 is 1. The van der Waals surface area contributed by atoms with Crippen molar-refractivity contribution in [2.45, 2.75) is 31.6 Å². The zero-order valence-corrected chi connectivity index (χ0v) is 17.4. The van der Waals surface area contributed by atoms with Crippen LogP contribution >= 0.6 is 11.8 Å². The number of hydrogen-bond donors (Lipinski definition) is 1. The van der Waals surface area contributed by atoms with Crippen molar-refractivity contribution in [2.24, 2.45) is 0 Å². The van der Waals surface area contributed by atoms with E-state index in [1.54, 1.807) is 11.8 Å². The topological polar surface area (TPSA) is 47.6 Å². The summed E-state index contributed by atoms with van der Waals surface area (Å²) in [5, 5.41) is 3.29. The van der Waals surface area contributed by atoms with Gasteiger partial charge in [-0.1, -0.05) is 48.2 Å². The van der Waals surface area contributed by atoms with E-state index in [0.29, 0.717) is 11.5 Å². The van der Waals surface area contributed by atoms with Crippen LogP contribution in [0.2, 0.25) is 0 Å². The smallest absolute Gasteiger partial charge is 0.336 e. The van der Waals surface area contributed by atoms with Gasteiger partial charge in [0.25, 0.3) is 0 Å². The monoisotopic (exact) mass is 395 g/mol. The van der Waals surface area contributed by atoms with Crippen LogP contribution in [-0.4, -0.2) is 19.0 Å². The summed E-state index contributed by atoms with van der Waals surface area (Å²) in [5.74, 6) is 0.741. The van der Waals surface area contributed by atoms with Crippen molar-refractivity contribution in [1.82, 2.24) is 5.32 Å². The van der Waals surface area contributed by atoms with Gasteiger partial charge in [-0.2, -0.15) is 0 Å². The normalized spacial score (nSPS) is 16.6. The minimum Gasteiger partial charge on any atom is -0.482 e. The van der Waals surface area contributed by atoms with E-state index in [9.17, 15) is 4.79 Å². The Kier molecular flexibility index (Phi) is 6.47. The van der Waals surface area contributed by atoms with Crippen molar-refractivity contribution < 1.29 is 14.3 Å². The fourth-order valence-electron chi connectivity index (χ4n) is 3.39. The second-order valence-electron chi connectivity index (χ2n) is 6.65. The molecule has 0 amide bonds. The molecule has 0 spiro atoms. The van der Waals surface area contributed by atoms with Crippen LogP contribution in [0.4, 0.5) is 0 Å². The quantitative estimate of drug-likeness (QED) is 0.412. The molecule has 0 aliphatic carbocycles. The maximum absolute atomic E-state index is 12.5. The summed E-state index contributed by atoms with van der Waals surface area (Å²) in [6.07, 6.45) is 0. The van der Waals surface area contributed by atoms with E-state index >= 15 is 0 Å². The van der Waals surface area contributed by atoms with Gasteiger partial charge >= 0.3 is 5.97 Å². The van der Waals surface area contributed by atoms with Crippen molar-refractivity contribution in [1.29, 1.82) is 0 Å². The number of dihydropyridines is 1. The molecule has 0 radical (unpaired) electrons. The second kappa shape index (κ2) is 9.02. The number of esters is 1. The van der Waals surface area contributed by atoms with Gasteiger partial charge in [-0.3, -0.25) is 0 Å². The lowest BCUT2D eigenvalue weighted by Gasteiger charge is -2.30. The Bertz CT molecular complexity index is 918.